The third-order valence-corrected chi connectivity index (χ3v) is 5.51. The SMILES string of the molecule is CCc1onc(C)c1C(=O)N1C[C@H](c2n[nH]c(COC)n2)[C@@H](C2CC2)C1. The summed E-state index contributed by atoms with van der Waals surface area (Å²) in [7, 11) is 1.64. The van der Waals surface area contributed by atoms with Crippen molar-refractivity contribution >= 4 is 5.91 Å². The van der Waals surface area contributed by atoms with E-state index in [1.165, 1.54) is 12.8 Å². The first-order chi connectivity index (χ1) is 12.6. The third kappa shape index (κ3) is 3.02. The number of rotatable bonds is 6. The standard InChI is InChI=1S/C18H25N5O3/c1-4-14-16(10(2)22-26-14)18(24)23-7-12(11-5-6-11)13(8-23)17-19-15(9-25-3)20-21-17/h11-13H,4-9H2,1-3H3,(H,19,20,21)/t12-,13+/m1/s1. The first kappa shape index (κ1) is 17.2. The molecule has 140 valence electrons. The molecule has 0 aromatic carbocycles. The molecule has 2 fully saturated rings. The first-order valence-electron chi connectivity index (χ1n) is 9.26. The van der Waals surface area contributed by atoms with Gasteiger partial charge in [0.05, 0.1) is 5.69 Å². The Balaban J connectivity index is 1.57. The Bertz CT molecular complexity index is 795. The van der Waals surface area contributed by atoms with Crippen LogP contribution >= 0.6 is 0 Å². The van der Waals surface area contributed by atoms with Gasteiger partial charge in [-0.25, -0.2) is 4.98 Å². The molecule has 1 saturated heterocycles. The van der Waals surface area contributed by atoms with Crippen LogP contribution in [0.3, 0.4) is 0 Å². The minimum Gasteiger partial charge on any atom is -0.377 e. The first-order valence-corrected chi connectivity index (χ1v) is 9.26. The second-order valence-corrected chi connectivity index (χ2v) is 7.31. The molecule has 2 atom stereocenters. The van der Waals surface area contributed by atoms with Crippen LogP contribution in [0.4, 0.5) is 0 Å². The number of aromatic nitrogens is 4. The summed E-state index contributed by atoms with van der Waals surface area (Å²) in [6.45, 7) is 5.60. The number of aryl methyl sites for hydroxylation is 2. The topological polar surface area (TPSA) is 97.1 Å². The number of hydrogen-bond acceptors (Lipinski definition) is 6. The van der Waals surface area contributed by atoms with Gasteiger partial charge in [-0.1, -0.05) is 12.1 Å². The second kappa shape index (κ2) is 6.83. The average Bonchev–Trinajstić information content (AvgIpc) is 3.06. The maximum Gasteiger partial charge on any atom is 0.259 e. The molecular formula is C18H25N5O3. The van der Waals surface area contributed by atoms with Crippen molar-refractivity contribution in [1.82, 2.24) is 25.2 Å². The van der Waals surface area contributed by atoms with Crippen molar-refractivity contribution in [2.75, 3.05) is 20.2 Å². The average molecular weight is 359 g/mol. The van der Waals surface area contributed by atoms with E-state index in [-0.39, 0.29) is 11.8 Å². The summed E-state index contributed by atoms with van der Waals surface area (Å²) in [4.78, 5) is 19.7. The van der Waals surface area contributed by atoms with Gasteiger partial charge >= 0.3 is 0 Å². The highest BCUT2D eigenvalue weighted by atomic mass is 16.5. The Morgan fingerprint density at radius 1 is 1.38 bits per heavy atom. The molecule has 2 aromatic heterocycles. The van der Waals surface area contributed by atoms with Crippen LogP contribution in [0.5, 0.6) is 0 Å². The number of methoxy groups -OCH3 is 1. The normalized spacial score (nSPS) is 23.0. The molecule has 8 heteroatoms. The lowest BCUT2D eigenvalue weighted by atomic mass is 9.91. The van der Waals surface area contributed by atoms with E-state index in [0.29, 0.717) is 48.4 Å². The highest BCUT2D eigenvalue weighted by Gasteiger charge is 2.46. The number of H-pyrrole nitrogens is 1. The number of carbonyl (C=O) groups is 1. The van der Waals surface area contributed by atoms with Gasteiger partial charge in [-0.2, -0.15) is 5.10 Å². The molecule has 3 heterocycles. The summed E-state index contributed by atoms with van der Waals surface area (Å²) in [5, 5.41) is 11.3. The van der Waals surface area contributed by atoms with E-state index in [0.717, 1.165) is 18.2 Å². The van der Waals surface area contributed by atoms with E-state index in [4.69, 9.17) is 9.26 Å². The predicted molar refractivity (Wildman–Crippen MR) is 92.6 cm³/mol. The summed E-state index contributed by atoms with van der Waals surface area (Å²) in [6, 6.07) is 0. The van der Waals surface area contributed by atoms with E-state index < -0.39 is 0 Å². The monoisotopic (exact) mass is 359 g/mol. The zero-order chi connectivity index (χ0) is 18.3. The van der Waals surface area contributed by atoms with Crippen LogP contribution in [-0.2, 0) is 17.8 Å². The van der Waals surface area contributed by atoms with Gasteiger partial charge in [0.15, 0.2) is 11.6 Å². The van der Waals surface area contributed by atoms with E-state index in [1.807, 2.05) is 18.7 Å². The van der Waals surface area contributed by atoms with Crippen molar-refractivity contribution in [3.05, 3.63) is 28.7 Å². The molecule has 2 aromatic rings. The summed E-state index contributed by atoms with van der Waals surface area (Å²) >= 11 is 0. The van der Waals surface area contributed by atoms with E-state index >= 15 is 0 Å². The molecule has 1 aliphatic heterocycles. The fourth-order valence-electron chi connectivity index (χ4n) is 4.04. The fourth-order valence-corrected chi connectivity index (χ4v) is 4.04. The third-order valence-electron chi connectivity index (χ3n) is 5.51. The minimum atomic E-state index is 0.0152. The van der Waals surface area contributed by atoms with Gasteiger partial charge in [-0.15, -0.1) is 0 Å². The Kier molecular flexibility index (Phi) is 4.52. The molecule has 1 N–H and O–H groups in total. The second-order valence-electron chi connectivity index (χ2n) is 7.31. The van der Waals surface area contributed by atoms with Crippen LogP contribution in [0, 0.1) is 18.8 Å². The molecule has 26 heavy (non-hydrogen) atoms. The van der Waals surface area contributed by atoms with Crippen molar-refractivity contribution in [2.24, 2.45) is 11.8 Å². The van der Waals surface area contributed by atoms with Crippen molar-refractivity contribution in [2.45, 2.75) is 45.6 Å². The van der Waals surface area contributed by atoms with E-state index in [1.54, 1.807) is 7.11 Å². The zero-order valence-corrected chi connectivity index (χ0v) is 15.5. The summed E-state index contributed by atoms with van der Waals surface area (Å²) in [5.74, 6) is 3.44. The van der Waals surface area contributed by atoms with Gasteiger partial charge in [0.1, 0.15) is 17.9 Å². The number of likely N-dealkylation sites (tertiary alicyclic amines) is 1. The maximum absolute atomic E-state index is 13.1. The Morgan fingerprint density at radius 3 is 2.88 bits per heavy atom. The molecule has 1 amide bonds. The maximum atomic E-state index is 13.1. The van der Waals surface area contributed by atoms with Gasteiger partial charge in [0.2, 0.25) is 0 Å². The fraction of sp³-hybridized carbons (Fsp3) is 0.667. The number of aromatic amines is 1. The predicted octanol–water partition coefficient (Wildman–Crippen LogP) is 2.08. The van der Waals surface area contributed by atoms with E-state index in [9.17, 15) is 4.79 Å². The highest BCUT2D eigenvalue weighted by Crippen LogP contribution is 2.47. The van der Waals surface area contributed by atoms with Crippen molar-refractivity contribution < 1.29 is 14.1 Å². The smallest absolute Gasteiger partial charge is 0.259 e. The highest BCUT2D eigenvalue weighted by molar-refractivity contribution is 5.96. The lowest BCUT2D eigenvalue weighted by Gasteiger charge is -2.16. The van der Waals surface area contributed by atoms with Crippen LogP contribution in [-0.4, -0.2) is 51.3 Å². The molecule has 0 spiro atoms. The van der Waals surface area contributed by atoms with Gasteiger partial charge in [-0.3, -0.25) is 9.89 Å². The van der Waals surface area contributed by atoms with Crippen LogP contribution < -0.4 is 0 Å². The van der Waals surface area contributed by atoms with Crippen molar-refractivity contribution in [3.8, 4) is 0 Å². The quantitative estimate of drug-likeness (QED) is 0.848. The zero-order valence-electron chi connectivity index (χ0n) is 15.5. The minimum absolute atomic E-state index is 0.0152. The summed E-state index contributed by atoms with van der Waals surface area (Å²) < 4.78 is 10.4. The van der Waals surface area contributed by atoms with Crippen LogP contribution in [0.25, 0.3) is 0 Å². The Morgan fingerprint density at radius 2 is 2.19 bits per heavy atom. The number of nitrogens with zero attached hydrogens (tertiary/aromatic N) is 4. The summed E-state index contributed by atoms with van der Waals surface area (Å²) in [5.41, 5.74) is 1.29. The van der Waals surface area contributed by atoms with Crippen molar-refractivity contribution in [1.29, 1.82) is 0 Å². The molecule has 0 unspecified atom stereocenters. The molecule has 1 saturated carbocycles. The number of nitrogens with one attached hydrogen (secondary N) is 1. The number of ether oxygens (including phenoxy) is 1. The van der Waals surface area contributed by atoms with Gasteiger partial charge in [-0.05, 0) is 31.6 Å². The van der Waals surface area contributed by atoms with Gasteiger partial charge in [0.25, 0.3) is 5.91 Å². The largest absolute Gasteiger partial charge is 0.377 e. The van der Waals surface area contributed by atoms with Crippen molar-refractivity contribution in [3.63, 3.8) is 0 Å². The van der Waals surface area contributed by atoms with Gasteiger partial charge < -0.3 is 14.2 Å². The molecule has 4 rings (SSSR count). The molecule has 2 aliphatic rings. The van der Waals surface area contributed by atoms with Crippen LogP contribution in [0.1, 0.15) is 59.1 Å². The Hall–Kier alpha value is -2.22. The molecule has 8 nitrogen and oxygen atoms in total. The summed E-state index contributed by atoms with van der Waals surface area (Å²) in [6.07, 6.45) is 3.11. The van der Waals surface area contributed by atoms with E-state index in [2.05, 4.69) is 20.3 Å². The molecular weight excluding hydrogens is 334 g/mol. The van der Waals surface area contributed by atoms with Crippen LogP contribution in [0.15, 0.2) is 4.52 Å². The Labute approximate surface area is 152 Å². The molecule has 0 radical (unpaired) electrons. The van der Waals surface area contributed by atoms with Gasteiger partial charge in [0, 0.05) is 32.5 Å². The van der Waals surface area contributed by atoms with Crippen LogP contribution in [0.2, 0.25) is 0 Å². The lowest BCUT2D eigenvalue weighted by molar-refractivity contribution is 0.0782. The molecule has 1 aliphatic carbocycles. The number of carbonyl (C=O) groups excluding carboxylic acids is 1. The lowest BCUT2D eigenvalue weighted by Crippen LogP contribution is -2.30. The number of amides is 1. The number of hydrogen-bond donors (Lipinski definition) is 1. The molecule has 0 bridgehead atoms.